The second kappa shape index (κ2) is 6.68. The van der Waals surface area contributed by atoms with Gasteiger partial charge in [0.25, 0.3) is 0 Å². The molecule has 0 unspecified atom stereocenters. The zero-order chi connectivity index (χ0) is 13.6. The second-order valence-electron chi connectivity index (χ2n) is 5.17. The molecule has 1 saturated heterocycles. The number of morpholine rings is 1. The lowest BCUT2D eigenvalue weighted by molar-refractivity contribution is 0.0378. The van der Waals surface area contributed by atoms with Crippen molar-refractivity contribution in [2.45, 2.75) is 6.42 Å². The van der Waals surface area contributed by atoms with Gasteiger partial charge in [-0.05, 0) is 36.6 Å². The van der Waals surface area contributed by atoms with Crippen LogP contribution in [0.2, 0.25) is 0 Å². The van der Waals surface area contributed by atoms with Gasteiger partial charge >= 0.3 is 0 Å². The van der Waals surface area contributed by atoms with Crippen LogP contribution in [-0.2, 0) is 4.74 Å². The fourth-order valence-electron chi connectivity index (χ4n) is 2.56. The van der Waals surface area contributed by atoms with Crippen LogP contribution in [0, 0.1) is 0 Å². The maximum atomic E-state index is 5.35. The summed E-state index contributed by atoms with van der Waals surface area (Å²) in [6.07, 6.45) is 4.90. The number of hydrogen-bond donors (Lipinski definition) is 1. The van der Waals surface area contributed by atoms with E-state index < -0.39 is 0 Å². The van der Waals surface area contributed by atoms with E-state index in [0.29, 0.717) is 0 Å². The fraction of sp³-hybridized carbons (Fsp3) is 0.438. The van der Waals surface area contributed by atoms with Crippen LogP contribution in [0.3, 0.4) is 0 Å². The normalized spacial score (nSPS) is 16.4. The van der Waals surface area contributed by atoms with Crippen molar-refractivity contribution in [3.05, 3.63) is 36.7 Å². The predicted molar refractivity (Wildman–Crippen MR) is 82.1 cm³/mol. The Morgan fingerprint density at radius 2 is 2.05 bits per heavy atom. The Hall–Kier alpha value is -1.65. The van der Waals surface area contributed by atoms with Crippen molar-refractivity contribution in [2.75, 3.05) is 44.7 Å². The van der Waals surface area contributed by atoms with Gasteiger partial charge in [-0.1, -0.05) is 6.07 Å². The van der Waals surface area contributed by atoms with Gasteiger partial charge in [0.05, 0.1) is 13.2 Å². The summed E-state index contributed by atoms with van der Waals surface area (Å²) in [5, 5.41) is 5.91. The Morgan fingerprint density at radius 1 is 1.15 bits per heavy atom. The lowest BCUT2D eigenvalue weighted by atomic mass is 10.1. The van der Waals surface area contributed by atoms with E-state index >= 15 is 0 Å². The highest BCUT2D eigenvalue weighted by atomic mass is 16.5. The molecule has 1 N–H and O–H groups in total. The summed E-state index contributed by atoms with van der Waals surface area (Å²) in [5.41, 5.74) is 1.17. The monoisotopic (exact) mass is 271 g/mol. The van der Waals surface area contributed by atoms with Crippen LogP contribution in [0.1, 0.15) is 6.42 Å². The standard InChI is InChI=1S/C16H21N3O/c1(7-19-8-10-20-11-9-19)5-18-16-3-2-14-4-6-17-13-15(14)12-16/h2-4,6,12-13,18H,1,5,7-11H2. The van der Waals surface area contributed by atoms with Crippen molar-refractivity contribution >= 4 is 16.5 Å². The number of benzene rings is 1. The van der Waals surface area contributed by atoms with Gasteiger partial charge in [-0.3, -0.25) is 9.88 Å². The molecule has 2 heterocycles. The highest BCUT2D eigenvalue weighted by molar-refractivity contribution is 5.84. The van der Waals surface area contributed by atoms with Crippen LogP contribution in [0.25, 0.3) is 10.8 Å². The van der Waals surface area contributed by atoms with Gasteiger partial charge in [0.15, 0.2) is 0 Å². The van der Waals surface area contributed by atoms with E-state index in [1.807, 2.05) is 18.5 Å². The second-order valence-corrected chi connectivity index (χ2v) is 5.17. The predicted octanol–water partition coefficient (Wildman–Crippen LogP) is 2.37. The van der Waals surface area contributed by atoms with Gasteiger partial charge in [0, 0.05) is 43.1 Å². The van der Waals surface area contributed by atoms with Gasteiger partial charge < -0.3 is 10.1 Å². The molecule has 0 atom stereocenters. The number of fused-ring (bicyclic) bond motifs is 1. The van der Waals surface area contributed by atoms with Gasteiger partial charge in [0.2, 0.25) is 0 Å². The topological polar surface area (TPSA) is 37.4 Å². The summed E-state index contributed by atoms with van der Waals surface area (Å²) in [4.78, 5) is 6.63. The number of aromatic nitrogens is 1. The molecule has 2 aromatic rings. The maximum Gasteiger partial charge on any atom is 0.0594 e. The summed E-state index contributed by atoms with van der Waals surface area (Å²) < 4.78 is 5.35. The van der Waals surface area contributed by atoms with Gasteiger partial charge in [0.1, 0.15) is 0 Å². The van der Waals surface area contributed by atoms with E-state index in [1.54, 1.807) is 0 Å². The summed E-state index contributed by atoms with van der Waals surface area (Å²) in [5.74, 6) is 0. The molecule has 106 valence electrons. The average molecular weight is 271 g/mol. The Kier molecular flexibility index (Phi) is 4.46. The van der Waals surface area contributed by atoms with Crippen molar-refractivity contribution < 1.29 is 4.74 Å². The smallest absolute Gasteiger partial charge is 0.0594 e. The third kappa shape index (κ3) is 3.46. The molecule has 1 aromatic carbocycles. The molecule has 0 bridgehead atoms. The van der Waals surface area contributed by atoms with Crippen LogP contribution < -0.4 is 5.32 Å². The zero-order valence-electron chi connectivity index (χ0n) is 11.7. The van der Waals surface area contributed by atoms with E-state index in [4.69, 9.17) is 4.74 Å². The Labute approximate surface area is 119 Å². The lowest BCUT2D eigenvalue weighted by Crippen LogP contribution is -2.37. The quantitative estimate of drug-likeness (QED) is 0.847. The molecule has 0 radical (unpaired) electrons. The number of pyridine rings is 1. The molecular weight excluding hydrogens is 250 g/mol. The van der Waals surface area contributed by atoms with Crippen molar-refractivity contribution in [1.82, 2.24) is 9.88 Å². The summed E-state index contributed by atoms with van der Waals surface area (Å²) >= 11 is 0. The van der Waals surface area contributed by atoms with Crippen molar-refractivity contribution in [3.8, 4) is 0 Å². The van der Waals surface area contributed by atoms with Crippen LogP contribution in [0.15, 0.2) is 36.7 Å². The van der Waals surface area contributed by atoms with Gasteiger partial charge in [-0.2, -0.15) is 0 Å². The van der Waals surface area contributed by atoms with Gasteiger partial charge in [-0.15, -0.1) is 0 Å². The zero-order valence-corrected chi connectivity index (χ0v) is 11.7. The molecule has 4 heteroatoms. The van der Waals surface area contributed by atoms with Crippen molar-refractivity contribution in [1.29, 1.82) is 0 Å². The van der Waals surface area contributed by atoms with Crippen LogP contribution in [0.4, 0.5) is 5.69 Å². The summed E-state index contributed by atoms with van der Waals surface area (Å²) in [7, 11) is 0. The van der Waals surface area contributed by atoms with Crippen molar-refractivity contribution in [3.63, 3.8) is 0 Å². The third-order valence-corrected chi connectivity index (χ3v) is 3.72. The molecule has 1 fully saturated rings. The van der Waals surface area contributed by atoms with Crippen LogP contribution >= 0.6 is 0 Å². The van der Waals surface area contributed by atoms with E-state index in [2.05, 4.69) is 33.4 Å². The number of ether oxygens (including phenoxy) is 1. The first-order chi connectivity index (χ1) is 9.92. The first-order valence-corrected chi connectivity index (χ1v) is 7.29. The minimum absolute atomic E-state index is 0.880. The van der Waals surface area contributed by atoms with E-state index in [0.717, 1.165) is 45.8 Å². The fourth-order valence-corrected chi connectivity index (χ4v) is 2.56. The minimum atomic E-state index is 0.880. The Morgan fingerprint density at radius 3 is 2.95 bits per heavy atom. The first-order valence-electron chi connectivity index (χ1n) is 7.29. The summed E-state index contributed by atoms with van der Waals surface area (Å²) in [6.45, 7) is 6.05. The van der Waals surface area contributed by atoms with E-state index in [9.17, 15) is 0 Å². The molecule has 1 aliphatic heterocycles. The molecule has 4 nitrogen and oxygen atoms in total. The maximum absolute atomic E-state index is 5.35. The van der Waals surface area contributed by atoms with Crippen LogP contribution in [-0.4, -0.2) is 49.3 Å². The lowest BCUT2D eigenvalue weighted by Gasteiger charge is -2.26. The molecule has 0 spiro atoms. The largest absolute Gasteiger partial charge is 0.385 e. The molecule has 1 aliphatic rings. The number of rotatable bonds is 5. The first kappa shape index (κ1) is 13.3. The minimum Gasteiger partial charge on any atom is -0.385 e. The molecule has 0 amide bonds. The third-order valence-electron chi connectivity index (χ3n) is 3.72. The Balaban J connectivity index is 1.47. The molecule has 1 aromatic heterocycles. The molecule has 3 rings (SSSR count). The van der Waals surface area contributed by atoms with E-state index in [1.165, 1.54) is 16.5 Å². The number of nitrogens with one attached hydrogen (secondary N) is 1. The SMILES string of the molecule is c1cc2ccc(NCCCN3CCOCC3)cc2cn1. The summed E-state index contributed by atoms with van der Waals surface area (Å²) in [6, 6.07) is 8.48. The van der Waals surface area contributed by atoms with E-state index in [-0.39, 0.29) is 0 Å². The molecule has 0 aliphatic carbocycles. The molecular formula is C16H21N3O. The average Bonchev–Trinajstić information content (AvgIpc) is 2.52. The molecule has 20 heavy (non-hydrogen) atoms. The molecule has 0 saturated carbocycles. The number of anilines is 1. The number of nitrogens with zero attached hydrogens (tertiary/aromatic N) is 2. The highest BCUT2D eigenvalue weighted by Gasteiger charge is 2.08. The van der Waals surface area contributed by atoms with Gasteiger partial charge in [-0.25, -0.2) is 0 Å². The van der Waals surface area contributed by atoms with Crippen molar-refractivity contribution in [2.24, 2.45) is 0 Å². The number of hydrogen-bond acceptors (Lipinski definition) is 4. The van der Waals surface area contributed by atoms with Crippen LogP contribution in [0.5, 0.6) is 0 Å². The highest BCUT2D eigenvalue weighted by Crippen LogP contribution is 2.17. The Bertz CT molecular complexity index is 552.